The third-order valence-corrected chi connectivity index (χ3v) is 3.07. The molecule has 1 aromatic heterocycles. The Labute approximate surface area is 102 Å². The summed E-state index contributed by atoms with van der Waals surface area (Å²) in [5, 5.41) is 1.20. The molecular formula is C14H19NO2. The fourth-order valence-electron chi connectivity index (χ4n) is 2.17. The second kappa shape index (κ2) is 5.34. The van der Waals surface area contributed by atoms with Crippen molar-refractivity contribution in [3.63, 3.8) is 0 Å². The molecule has 0 saturated heterocycles. The van der Waals surface area contributed by atoms with E-state index in [1.54, 1.807) is 7.11 Å². The number of ether oxygens (including phenoxy) is 1. The van der Waals surface area contributed by atoms with Crippen LogP contribution in [0.25, 0.3) is 11.0 Å². The summed E-state index contributed by atoms with van der Waals surface area (Å²) in [5.41, 5.74) is 9.14. The number of methoxy groups -OCH3 is 1. The molecule has 17 heavy (non-hydrogen) atoms. The SMILES string of the molecule is CCc1c(CN)oc2ccc(CCOC)cc12. The Morgan fingerprint density at radius 1 is 1.35 bits per heavy atom. The van der Waals surface area contributed by atoms with Crippen LogP contribution in [0, 0.1) is 0 Å². The van der Waals surface area contributed by atoms with E-state index < -0.39 is 0 Å². The maximum absolute atomic E-state index is 5.74. The van der Waals surface area contributed by atoms with Crippen LogP contribution in [-0.4, -0.2) is 13.7 Å². The molecular weight excluding hydrogens is 214 g/mol. The minimum absolute atomic E-state index is 0.464. The van der Waals surface area contributed by atoms with Gasteiger partial charge in [-0.05, 0) is 30.5 Å². The molecule has 0 aliphatic heterocycles. The zero-order valence-corrected chi connectivity index (χ0v) is 10.5. The van der Waals surface area contributed by atoms with Gasteiger partial charge in [-0.2, -0.15) is 0 Å². The van der Waals surface area contributed by atoms with Crippen LogP contribution in [0.1, 0.15) is 23.8 Å². The summed E-state index contributed by atoms with van der Waals surface area (Å²) in [4.78, 5) is 0. The van der Waals surface area contributed by atoms with Gasteiger partial charge in [0.1, 0.15) is 11.3 Å². The minimum Gasteiger partial charge on any atom is -0.459 e. The van der Waals surface area contributed by atoms with Gasteiger partial charge in [-0.15, -0.1) is 0 Å². The number of furan rings is 1. The Bertz CT molecular complexity index is 502. The van der Waals surface area contributed by atoms with Crippen molar-refractivity contribution < 1.29 is 9.15 Å². The van der Waals surface area contributed by atoms with Crippen LogP contribution >= 0.6 is 0 Å². The van der Waals surface area contributed by atoms with Gasteiger partial charge in [0.2, 0.25) is 0 Å². The molecule has 1 aromatic carbocycles. The number of nitrogens with two attached hydrogens (primary N) is 1. The van der Waals surface area contributed by atoms with Gasteiger partial charge in [0.15, 0.2) is 0 Å². The van der Waals surface area contributed by atoms with Gasteiger partial charge in [0, 0.05) is 18.1 Å². The van der Waals surface area contributed by atoms with Gasteiger partial charge in [-0.3, -0.25) is 0 Å². The van der Waals surface area contributed by atoms with E-state index in [2.05, 4.69) is 19.1 Å². The summed E-state index contributed by atoms with van der Waals surface area (Å²) >= 11 is 0. The smallest absolute Gasteiger partial charge is 0.134 e. The summed E-state index contributed by atoms with van der Waals surface area (Å²) < 4.78 is 10.8. The Hall–Kier alpha value is -1.32. The zero-order chi connectivity index (χ0) is 12.3. The molecule has 3 heteroatoms. The van der Waals surface area contributed by atoms with Crippen molar-refractivity contribution in [2.45, 2.75) is 26.3 Å². The first-order chi connectivity index (χ1) is 8.30. The lowest BCUT2D eigenvalue weighted by molar-refractivity contribution is 0.202. The van der Waals surface area contributed by atoms with Crippen molar-refractivity contribution in [1.29, 1.82) is 0 Å². The molecule has 3 nitrogen and oxygen atoms in total. The molecule has 0 fully saturated rings. The highest BCUT2D eigenvalue weighted by molar-refractivity contribution is 5.83. The van der Waals surface area contributed by atoms with Gasteiger partial charge in [0.25, 0.3) is 0 Å². The van der Waals surface area contributed by atoms with E-state index in [-0.39, 0.29) is 0 Å². The lowest BCUT2D eigenvalue weighted by atomic mass is 10.0. The average Bonchev–Trinajstić information content (AvgIpc) is 2.72. The van der Waals surface area contributed by atoms with E-state index in [1.165, 1.54) is 16.5 Å². The Morgan fingerprint density at radius 2 is 2.18 bits per heavy atom. The van der Waals surface area contributed by atoms with E-state index >= 15 is 0 Å². The summed E-state index contributed by atoms with van der Waals surface area (Å²) in [5.74, 6) is 0.909. The van der Waals surface area contributed by atoms with Crippen LogP contribution in [-0.2, 0) is 24.1 Å². The molecule has 0 aliphatic rings. The summed E-state index contributed by atoms with van der Waals surface area (Å²) in [7, 11) is 1.72. The fraction of sp³-hybridized carbons (Fsp3) is 0.429. The number of rotatable bonds is 5. The topological polar surface area (TPSA) is 48.4 Å². The molecule has 2 rings (SSSR count). The quantitative estimate of drug-likeness (QED) is 0.863. The van der Waals surface area contributed by atoms with E-state index in [4.69, 9.17) is 14.9 Å². The van der Waals surface area contributed by atoms with Crippen molar-refractivity contribution in [3.8, 4) is 0 Å². The molecule has 0 unspecified atom stereocenters. The lowest BCUT2D eigenvalue weighted by Gasteiger charge is -2.01. The molecule has 0 radical (unpaired) electrons. The molecule has 2 N–H and O–H groups in total. The average molecular weight is 233 g/mol. The van der Waals surface area contributed by atoms with Crippen molar-refractivity contribution >= 4 is 11.0 Å². The Balaban J connectivity index is 2.43. The van der Waals surface area contributed by atoms with Crippen molar-refractivity contribution in [2.75, 3.05) is 13.7 Å². The molecule has 0 amide bonds. The van der Waals surface area contributed by atoms with Gasteiger partial charge < -0.3 is 14.9 Å². The number of benzene rings is 1. The zero-order valence-electron chi connectivity index (χ0n) is 10.5. The monoisotopic (exact) mass is 233 g/mol. The number of hydrogen-bond donors (Lipinski definition) is 1. The van der Waals surface area contributed by atoms with E-state index in [0.717, 1.165) is 30.8 Å². The highest BCUT2D eigenvalue weighted by Crippen LogP contribution is 2.27. The van der Waals surface area contributed by atoms with Gasteiger partial charge in [-0.1, -0.05) is 13.0 Å². The third-order valence-electron chi connectivity index (χ3n) is 3.07. The first-order valence-electron chi connectivity index (χ1n) is 6.02. The number of fused-ring (bicyclic) bond motifs is 1. The van der Waals surface area contributed by atoms with E-state index in [0.29, 0.717) is 6.54 Å². The van der Waals surface area contributed by atoms with Crippen LogP contribution in [0.2, 0.25) is 0 Å². The Morgan fingerprint density at radius 3 is 2.82 bits per heavy atom. The number of aryl methyl sites for hydroxylation is 1. The molecule has 0 atom stereocenters. The standard InChI is InChI=1S/C14H19NO2/c1-3-11-12-8-10(6-7-16-2)4-5-13(12)17-14(11)9-15/h4-5,8H,3,6-7,9,15H2,1-2H3. The van der Waals surface area contributed by atoms with Crippen LogP contribution in [0.5, 0.6) is 0 Å². The third kappa shape index (κ3) is 2.35. The van der Waals surface area contributed by atoms with Crippen LogP contribution in [0.3, 0.4) is 0 Å². The molecule has 0 saturated carbocycles. The first kappa shape index (κ1) is 12.1. The summed E-state index contributed by atoms with van der Waals surface area (Å²) in [6.45, 7) is 3.34. The lowest BCUT2D eigenvalue weighted by Crippen LogP contribution is -1.97. The molecule has 0 aliphatic carbocycles. The molecule has 2 aromatic rings. The highest BCUT2D eigenvalue weighted by Gasteiger charge is 2.11. The van der Waals surface area contributed by atoms with Crippen molar-refractivity contribution in [1.82, 2.24) is 0 Å². The number of hydrogen-bond acceptors (Lipinski definition) is 3. The second-order valence-corrected chi connectivity index (χ2v) is 4.13. The largest absolute Gasteiger partial charge is 0.459 e. The minimum atomic E-state index is 0.464. The normalized spacial score (nSPS) is 11.2. The molecule has 0 spiro atoms. The Kier molecular flexibility index (Phi) is 3.82. The van der Waals surface area contributed by atoms with Gasteiger partial charge >= 0.3 is 0 Å². The maximum Gasteiger partial charge on any atom is 0.134 e. The predicted octanol–water partition coefficient (Wildman–Crippen LogP) is 2.64. The predicted molar refractivity (Wildman–Crippen MR) is 69.1 cm³/mol. The van der Waals surface area contributed by atoms with E-state index in [1.807, 2.05) is 6.07 Å². The van der Waals surface area contributed by atoms with Crippen molar-refractivity contribution in [3.05, 3.63) is 35.1 Å². The second-order valence-electron chi connectivity index (χ2n) is 4.13. The van der Waals surface area contributed by atoms with E-state index in [9.17, 15) is 0 Å². The maximum atomic E-state index is 5.74. The first-order valence-corrected chi connectivity index (χ1v) is 6.02. The van der Waals surface area contributed by atoms with Gasteiger partial charge in [-0.25, -0.2) is 0 Å². The fourth-order valence-corrected chi connectivity index (χ4v) is 2.17. The van der Waals surface area contributed by atoms with Crippen LogP contribution < -0.4 is 5.73 Å². The summed E-state index contributed by atoms with van der Waals surface area (Å²) in [6, 6.07) is 6.30. The highest BCUT2D eigenvalue weighted by atomic mass is 16.5. The molecule has 92 valence electrons. The molecule has 1 heterocycles. The molecule has 0 bridgehead atoms. The van der Waals surface area contributed by atoms with Crippen LogP contribution in [0.15, 0.2) is 22.6 Å². The van der Waals surface area contributed by atoms with Crippen molar-refractivity contribution in [2.24, 2.45) is 5.73 Å². The summed E-state index contributed by atoms with van der Waals surface area (Å²) in [6.07, 6.45) is 1.88. The van der Waals surface area contributed by atoms with Gasteiger partial charge in [0.05, 0.1) is 13.2 Å². The van der Waals surface area contributed by atoms with Crippen LogP contribution in [0.4, 0.5) is 0 Å².